The van der Waals surface area contributed by atoms with Crippen LogP contribution < -0.4 is 20.5 Å². The van der Waals surface area contributed by atoms with Crippen LogP contribution in [0.15, 0.2) is 12.1 Å². The first kappa shape index (κ1) is 19.8. The van der Waals surface area contributed by atoms with E-state index < -0.39 is 5.91 Å². The number of amides is 2. The number of hydrogen-bond acceptors (Lipinski definition) is 4. The number of primary amides is 1. The van der Waals surface area contributed by atoms with Gasteiger partial charge in [-0.3, -0.25) is 9.59 Å². The van der Waals surface area contributed by atoms with Gasteiger partial charge in [-0.2, -0.15) is 0 Å². The Morgan fingerprint density at radius 1 is 1.33 bits per heavy atom. The van der Waals surface area contributed by atoms with E-state index in [1.165, 1.54) is 19.6 Å². The van der Waals surface area contributed by atoms with Crippen LogP contribution >= 0.6 is 11.6 Å². The van der Waals surface area contributed by atoms with Crippen LogP contribution in [0.2, 0.25) is 5.02 Å². The summed E-state index contributed by atoms with van der Waals surface area (Å²) in [4.78, 5) is 23.8. The van der Waals surface area contributed by atoms with Gasteiger partial charge >= 0.3 is 0 Å². The van der Waals surface area contributed by atoms with Gasteiger partial charge in [0.1, 0.15) is 0 Å². The van der Waals surface area contributed by atoms with Gasteiger partial charge in [0.2, 0.25) is 0 Å². The Kier molecular flexibility index (Phi) is 5.06. The highest BCUT2D eigenvalue weighted by Crippen LogP contribution is 2.65. The second-order valence-corrected chi connectivity index (χ2v) is 8.79. The fourth-order valence-corrected chi connectivity index (χ4v) is 5.06. The van der Waals surface area contributed by atoms with Crippen LogP contribution in [0.1, 0.15) is 50.4 Å². The highest BCUT2D eigenvalue weighted by atomic mass is 35.5. The van der Waals surface area contributed by atoms with Crippen LogP contribution in [0, 0.1) is 16.7 Å². The van der Waals surface area contributed by atoms with Gasteiger partial charge < -0.3 is 20.5 Å². The number of rotatable bonds is 6. The molecule has 7 heteroatoms. The van der Waals surface area contributed by atoms with Gasteiger partial charge in [0.25, 0.3) is 11.8 Å². The van der Waals surface area contributed by atoms with E-state index in [4.69, 9.17) is 26.8 Å². The Labute approximate surface area is 164 Å². The molecule has 2 bridgehead atoms. The second kappa shape index (κ2) is 6.89. The largest absolute Gasteiger partial charge is 0.493 e. The van der Waals surface area contributed by atoms with Crippen LogP contribution in [0.5, 0.6) is 11.5 Å². The zero-order valence-electron chi connectivity index (χ0n) is 16.2. The van der Waals surface area contributed by atoms with Crippen LogP contribution in [-0.2, 0) is 4.79 Å². The number of nitrogens with two attached hydrogens (primary N) is 1. The van der Waals surface area contributed by atoms with E-state index in [2.05, 4.69) is 26.1 Å². The number of carbonyl (C=O) groups excluding carboxylic acids is 2. The lowest BCUT2D eigenvalue weighted by Crippen LogP contribution is -2.46. The van der Waals surface area contributed by atoms with E-state index >= 15 is 0 Å². The van der Waals surface area contributed by atoms with Gasteiger partial charge in [-0.1, -0.05) is 32.4 Å². The van der Waals surface area contributed by atoms with Gasteiger partial charge in [0.05, 0.1) is 12.1 Å². The molecule has 6 nitrogen and oxygen atoms in total. The normalized spacial score (nSPS) is 28.0. The molecule has 0 spiro atoms. The molecule has 3 atom stereocenters. The number of carbonyl (C=O) groups is 2. The molecule has 1 aromatic carbocycles. The maximum atomic E-state index is 12.9. The summed E-state index contributed by atoms with van der Waals surface area (Å²) in [6.07, 6.45) is 3.35. The van der Waals surface area contributed by atoms with Crippen molar-refractivity contribution in [3.05, 3.63) is 22.7 Å². The van der Waals surface area contributed by atoms with Crippen LogP contribution in [0.4, 0.5) is 0 Å². The number of nitrogens with one attached hydrogen (secondary N) is 1. The summed E-state index contributed by atoms with van der Waals surface area (Å²) in [5.41, 5.74) is 5.80. The first-order chi connectivity index (χ1) is 12.6. The monoisotopic (exact) mass is 394 g/mol. The number of fused-ring (bicyclic) bond motifs is 2. The van der Waals surface area contributed by atoms with Crippen LogP contribution in [-0.4, -0.2) is 31.6 Å². The predicted octanol–water partition coefficient (Wildman–Crippen LogP) is 3.16. The molecule has 3 unspecified atom stereocenters. The maximum Gasteiger partial charge on any atom is 0.255 e. The van der Waals surface area contributed by atoms with E-state index in [0.717, 1.165) is 12.8 Å². The summed E-state index contributed by atoms with van der Waals surface area (Å²) < 4.78 is 10.6. The quantitative estimate of drug-likeness (QED) is 0.775. The molecule has 0 aromatic heterocycles. The predicted molar refractivity (Wildman–Crippen MR) is 103 cm³/mol. The van der Waals surface area contributed by atoms with Gasteiger partial charge in [-0.25, -0.2) is 0 Å². The van der Waals surface area contributed by atoms with Crippen molar-refractivity contribution >= 4 is 23.4 Å². The molecule has 0 heterocycles. The van der Waals surface area contributed by atoms with E-state index in [0.29, 0.717) is 11.5 Å². The van der Waals surface area contributed by atoms with E-state index in [1.54, 1.807) is 6.07 Å². The number of methoxy groups -OCH3 is 1. The van der Waals surface area contributed by atoms with Crippen molar-refractivity contribution in [1.29, 1.82) is 0 Å². The molecular formula is C20H27ClN2O4. The molecule has 27 heavy (non-hydrogen) atoms. The summed E-state index contributed by atoms with van der Waals surface area (Å²) >= 11 is 6.26. The van der Waals surface area contributed by atoms with Gasteiger partial charge in [-0.15, -0.1) is 0 Å². The fraction of sp³-hybridized carbons (Fsp3) is 0.600. The minimum Gasteiger partial charge on any atom is -0.493 e. The molecule has 2 amide bonds. The lowest BCUT2D eigenvalue weighted by atomic mass is 9.69. The van der Waals surface area contributed by atoms with E-state index in [-0.39, 0.29) is 45.9 Å². The zero-order chi connectivity index (χ0) is 20.0. The standard InChI is InChI=1S/C20H27ClN2O4/c1-19(2)12-5-6-20(19,3)15(9-12)23-18(25)11-7-13(21)17(14(8-11)26-4)27-10-16(22)24/h7-8,12,15H,5-6,9-10H2,1-4H3,(H2,22,24)(H,23,25). The second-order valence-electron chi connectivity index (χ2n) is 8.38. The molecular weight excluding hydrogens is 368 g/mol. The fourth-order valence-electron chi connectivity index (χ4n) is 4.80. The number of halogens is 1. The minimum absolute atomic E-state index is 0.0890. The Morgan fingerprint density at radius 3 is 2.56 bits per heavy atom. The third-order valence-corrected chi connectivity index (χ3v) is 7.23. The molecule has 2 fully saturated rings. The molecule has 0 saturated heterocycles. The molecule has 2 aliphatic rings. The van der Waals surface area contributed by atoms with Gasteiger partial charge in [-0.05, 0) is 48.1 Å². The summed E-state index contributed by atoms with van der Waals surface area (Å²) in [6.45, 7) is 6.57. The molecule has 0 aliphatic heterocycles. The van der Waals surface area contributed by atoms with Crippen molar-refractivity contribution in [2.24, 2.45) is 22.5 Å². The van der Waals surface area contributed by atoms with Gasteiger partial charge in [0, 0.05) is 11.6 Å². The average molecular weight is 395 g/mol. The molecule has 1 aromatic rings. The maximum absolute atomic E-state index is 12.9. The molecule has 3 rings (SSSR count). The molecule has 148 valence electrons. The highest BCUT2D eigenvalue weighted by Gasteiger charge is 2.61. The number of benzene rings is 1. The molecule has 2 aliphatic carbocycles. The SMILES string of the molecule is COc1cc(C(=O)NC2CC3CCC2(C)C3(C)C)cc(Cl)c1OCC(N)=O. The summed E-state index contributed by atoms with van der Waals surface area (Å²) in [6, 6.07) is 3.23. The Morgan fingerprint density at radius 2 is 2.04 bits per heavy atom. The zero-order valence-corrected chi connectivity index (χ0v) is 17.0. The Bertz CT molecular complexity index is 779. The number of ether oxygens (including phenoxy) is 2. The van der Waals surface area contributed by atoms with Crippen molar-refractivity contribution in [2.45, 2.75) is 46.1 Å². The lowest BCUT2D eigenvalue weighted by molar-refractivity contribution is -0.119. The third-order valence-electron chi connectivity index (χ3n) is 6.95. The highest BCUT2D eigenvalue weighted by molar-refractivity contribution is 6.32. The van der Waals surface area contributed by atoms with Crippen LogP contribution in [0.25, 0.3) is 0 Å². The van der Waals surface area contributed by atoms with Crippen molar-refractivity contribution in [1.82, 2.24) is 5.32 Å². The topological polar surface area (TPSA) is 90.7 Å². The summed E-state index contributed by atoms with van der Waals surface area (Å²) in [7, 11) is 1.45. The number of hydrogen-bond donors (Lipinski definition) is 2. The third kappa shape index (κ3) is 3.24. The first-order valence-electron chi connectivity index (χ1n) is 9.19. The van der Waals surface area contributed by atoms with Gasteiger partial charge in [0.15, 0.2) is 18.1 Å². The average Bonchev–Trinajstić information content (AvgIpc) is 2.93. The van der Waals surface area contributed by atoms with Crippen molar-refractivity contribution < 1.29 is 19.1 Å². The van der Waals surface area contributed by atoms with Crippen molar-refractivity contribution in [3.63, 3.8) is 0 Å². The minimum atomic E-state index is -0.623. The summed E-state index contributed by atoms with van der Waals surface area (Å²) in [5.74, 6) is 0.305. The van der Waals surface area contributed by atoms with E-state index in [1.807, 2.05) is 0 Å². The Balaban J connectivity index is 1.80. The molecule has 0 radical (unpaired) electrons. The molecule has 2 saturated carbocycles. The smallest absolute Gasteiger partial charge is 0.255 e. The van der Waals surface area contributed by atoms with Crippen LogP contribution in [0.3, 0.4) is 0 Å². The van der Waals surface area contributed by atoms with Crippen molar-refractivity contribution in [3.8, 4) is 11.5 Å². The van der Waals surface area contributed by atoms with Crippen molar-refractivity contribution in [2.75, 3.05) is 13.7 Å². The first-order valence-corrected chi connectivity index (χ1v) is 9.57. The molecule has 3 N–H and O–H groups in total. The summed E-state index contributed by atoms with van der Waals surface area (Å²) in [5, 5.41) is 3.40. The van der Waals surface area contributed by atoms with E-state index in [9.17, 15) is 9.59 Å². The Hall–Kier alpha value is -1.95. The lowest BCUT2D eigenvalue weighted by Gasteiger charge is -2.39.